The molecule has 0 amide bonds. The summed E-state index contributed by atoms with van der Waals surface area (Å²) in [6.45, 7) is 0. The Bertz CT molecular complexity index is 60.5. The minimum absolute atomic E-state index is 1.22. The summed E-state index contributed by atoms with van der Waals surface area (Å²) >= 11 is 0. The van der Waals surface area contributed by atoms with Crippen LogP contribution in [0.2, 0.25) is 0 Å². The maximum absolute atomic E-state index is 8.35. The van der Waals surface area contributed by atoms with E-state index < -0.39 is 19.1 Å². The molecular weight excluding hydrogens is 136 g/mol. The quantitative estimate of drug-likeness (QED) is 0.285. The molecule has 7 heteroatoms. The Kier molecular flexibility index (Phi) is 1.25. The van der Waals surface area contributed by atoms with Crippen LogP contribution in [0.15, 0.2) is 0 Å². The van der Waals surface area contributed by atoms with Gasteiger partial charge in [0, 0.05) is 0 Å². The van der Waals surface area contributed by atoms with E-state index in [0.717, 1.165) is 0 Å². The molecule has 2 N–H and O–H groups in total. The van der Waals surface area contributed by atoms with Crippen molar-refractivity contribution in [1.29, 1.82) is 0 Å². The summed E-state index contributed by atoms with van der Waals surface area (Å²) in [5, 5.41) is 0. The Morgan fingerprint density at radius 2 is 2.14 bits per heavy atom. The van der Waals surface area contributed by atoms with Gasteiger partial charge in [0.15, 0.2) is 0 Å². The van der Waals surface area contributed by atoms with Crippen LogP contribution < -0.4 is 0 Å². The van der Waals surface area contributed by atoms with Gasteiger partial charge in [-0.25, -0.2) is 4.58 Å². The van der Waals surface area contributed by atoms with Crippen molar-refractivity contribution in [3.63, 3.8) is 0 Å². The summed E-state index contributed by atoms with van der Waals surface area (Å²) in [5.74, 6) is 0. The van der Waals surface area contributed by atoms with E-state index >= 15 is 0 Å². The van der Waals surface area contributed by atoms with Gasteiger partial charge in [-0.2, -0.15) is 0 Å². The highest BCUT2D eigenvalue weighted by Crippen LogP contribution is 2.03. The van der Waals surface area contributed by atoms with E-state index in [1.165, 1.54) is 0 Å². The van der Waals surface area contributed by atoms with Crippen molar-refractivity contribution >= 4 is 19.1 Å². The second-order valence-corrected chi connectivity index (χ2v) is 3.90. The molecule has 1 saturated heterocycles. The first-order chi connectivity index (χ1) is 3.21. The Morgan fingerprint density at radius 1 is 1.43 bits per heavy atom. The van der Waals surface area contributed by atoms with Crippen molar-refractivity contribution in [2.45, 2.75) is 0 Å². The predicted molar refractivity (Wildman–Crippen MR) is 22.0 cm³/mol. The van der Waals surface area contributed by atoms with Gasteiger partial charge < -0.3 is 13.7 Å². The van der Waals surface area contributed by atoms with Crippen molar-refractivity contribution < 1.29 is 22.9 Å². The van der Waals surface area contributed by atoms with Gasteiger partial charge in [0.25, 0.3) is 0 Å². The summed E-state index contributed by atoms with van der Waals surface area (Å²) in [6.07, 6.45) is 0. The van der Waals surface area contributed by atoms with Crippen LogP contribution in [0.1, 0.15) is 0 Å². The molecule has 0 bridgehead atoms. The molecule has 0 atom stereocenters. The molecule has 0 saturated carbocycles. The molecule has 5 nitrogen and oxygen atoms in total. The molecule has 0 aliphatic carbocycles. The van der Waals surface area contributed by atoms with Crippen LogP contribution in [0.25, 0.3) is 0 Å². The summed E-state index contributed by atoms with van der Waals surface area (Å²) in [6, 6.07) is 0. The zero-order chi connectivity index (χ0) is 5.33. The molecule has 1 rings (SSSR count). The van der Waals surface area contributed by atoms with Crippen LogP contribution in [0, 0.1) is 0 Å². The van der Waals surface area contributed by atoms with Gasteiger partial charge in [-0.1, -0.05) is 0 Å². The molecule has 1 aliphatic rings. The van der Waals surface area contributed by atoms with Crippen LogP contribution >= 0.6 is 0 Å². The molecule has 0 spiro atoms. The molecule has 1 fully saturated rings. The van der Waals surface area contributed by atoms with E-state index in [0.29, 0.717) is 0 Å². The maximum atomic E-state index is 8.35. The van der Waals surface area contributed by atoms with Crippen molar-refractivity contribution in [2.24, 2.45) is 0 Å². The summed E-state index contributed by atoms with van der Waals surface area (Å²) in [7, 11) is -4.92. The van der Waals surface area contributed by atoms with Crippen molar-refractivity contribution in [1.82, 2.24) is 0 Å². The summed E-state index contributed by atoms with van der Waals surface area (Å²) in [4.78, 5) is 16.7. The first kappa shape index (κ1) is 5.37. The molecule has 1 heterocycles. The highest BCUT2D eigenvalue weighted by atomic mass is 28.4. The van der Waals surface area contributed by atoms with Crippen molar-refractivity contribution in [2.75, 3.05) is 0 Å². The topological polar surface area (TPSA) is 68.2 Å². The molecule has 0 aromatic carbocycles. The van der Waals surface area contributed by atoms with E-state index in [9.17, 15) is 0 Å². The molecule has 0 aromatic rings. The smallest absolute Gasteiger partial charge is 0.372 e. The number of hydrogen-bond donors (Lipinski definition) is 2. The second kappa shape index (κ2) is 1.63. The highest BCUT2D eigenvalue weighted by Gasteiger charge is 2.42. The Hall–Kier alpha value is 0.234. The van der Waals surface area contributed by atoms with Gasteiger partial charge in [0.1, 0.15) is 0 Å². The Balaban J connectivity index is 2.40. The minimum Gasteiger partial charge on any atom is -0.372 e. The average molecular weight is 140 g/mol. The molecule has 0 radical (unpaired) electrons. The predicted octanol–water partition coefficient (Wildman–Crippen LogP) is -2.62. The lowest BCUT2D eigenvalue weighted by Gasteiger charge is -2.00. The van der Waals surface area contributed by atoms with Crippen LogP contribution in [0.5, 0.6) is 0 Å². The summed E-state index contributed by atoms with van der Waals surface area (Å²) in [5.41, 5.74) is 0. The lowest BCUT2D eigenvalue weighted by atomic mass is 14.9. The molecular formula is H4O5Si2. The van der Waals surface area contributed by atoms with Gasteiger partial charge in [-0.3, -0.25) is 4.58 Å². The number of rotatable bonds is 0. The third kappa shape index (κ3) is 1.31. The van der Waals surface area contributed by atoms with Gasteiger partial charge in [-0.15, -0.1) is 0 Å². The maximum Gasteiger partial charge on any atom is 0.692 e. The van der Waals surface area contributed by atoms with Gasteiger partial charge in [0.2, 0.25) is 0 Å². The van der Waals surface area contributed by atoms with E-state index in [1.54, 1.807) is 0 Å². The molecule has 7 heavy (non-hydrogen) atoms. The van der Waals surface area contributed by atoms with Crippen LogP contribution in [0.3, 0.4) is 0 Å². The molecule has 0 aromatic heterocycles. The summed E-state index contributed by atoms with van der Waals surface area (Å²) < 4.78 is 12.4. The standard InChI is InChI=1S/H4O5Si2/c1-7(2)4-3-6-5-7/h1-2H,6H2. The first-order valence-electron chi connectivity index (χ1n) is 1.60. The molecule has 0 unspecified atom stereocenters. The van der Waals surface area contributed by atoms with Crippen LogP contribution in [-0.2, 0) is 13.3 Å². The fourth-order valence-electron chi connectivity index (χ4n) is 0.226. The minimum atomic E-state index is -3.70. The van der Waals surface area contributed by atoms with Crippen molar-refractivity contribution in [3.05, 3.63) is 0 Å². The van der Waals surface area contributed by atoms with Gasteiger partial charge >= 0.3 is 19.1 Å². The Morgan fingerprint density at radius 3 is 2.29 bits per heavy atom. The fraction of sp³-hybridized carbons (Fsp3) is 0. The van der Waals surface area contributed by atoms with E-state index in [4.69, 9.17) is 9.59 Å². The van der Waals surface area contributed by atoms with Gasteiger partial charge in [0.05, 0.1) is 0 Å². The highest BCUT2D eigenvalue weighted by molar-refractivity contribution is 6.58. The van der Waals surface area contributed by atoms with E-state index in [1.807, 2.05) is 0 Å². The molecule has 42 valence electrons. The lowest BCUT2D eigenvalue weighted by molar-refractivity contribution is -0.138. The zero-order valence-corrected chi connectivity index (χ0v) is 5.74. The van der Waals surface area contributed by atoms with E-state index in [2.05, 4.69) is 13.3 Å². The number of hydrogen-bond acceptors (Lipinski definition) is 5. The third-order valence-electron chi connectivity index (χ3n) is 0.463. The largest absolute Gasteiger partial charge is 0.692 e. The van der Waals surface area contributed by atoms with Crippen molar-refractivity contribution in [3.8, 4) is 0 Å². The lowest BCUT2D eigenvalue weighted by Crippen LogP contribution is -2.36. The monoisotopic (exact) mass is 140 g/mol. The van der Waals surface area contributed by atoms with Gasteiger partial charge in [-0.05, 0) is 0 Å². The van der Waals surface area contributed by atoms with E-state index in [-0.39, 0.29) is 0 Å². The molecule has 1 aliphatic heterocycles. The van der Waals surface area contributed by atoms with Crippen LogP contribution in [0.4, 0.5) is 0 Å². The first-order valence-corrected chi connectivity index (χ1v) is 4.47. The average Bonchev–Trinajstić information content (AvgIpc) is 1.84. The fourth-order valence-corrected chi connectivity index (χ4v) is 2.03. The normalized spacial score (nSPS) is 31.7. The second-order valence-electron chi connectivity index (χ2n) is 1.01. The SMILES string of the molecule is O[Si]1(O)OO[SiH2]O1. The zero-order valence-electron chi connectivity index (χ0n) is 3.33. The third-order valence-corrected chi connectivity index (χ3v) is 3.22. The van der Waals surface area contributed by atoms with Crippen LogP contribution in [-0.4, -0.2) is 28.6 Å². The Labute approximate surface area is 42.9 Å².